The van der Waals surface area contributed by atoms with E-state index in [0.29, 0.717) is 11.3 Å². The molecule has 1 aliphatic heterocycles. The van der Waals surface area contributed by atoms with Gasteiger partial charge in [0.1, 0.15) is 5.75 Å². The number of aliphatic imine (C=N–C) groups is 1. The molecular formula is C24H16BrNO4. The Bertz CT molecular complexity index is 1130. The largest absolute Gasteiger partial charge is 0.485 e. The molecule has 0 saturated heterocycles. The van der Waals surface area contributed by atoms with Crippen LogP contribution in [0.15, 0.2) is 94.0 Å². The fourth-order valence-electron chi connectivity index (χ4n) is 2.80. The third-order valence-corrected chi connectivity index (χ3v) is 4.89. The lowest BCUT2D eigenvalue weighted by Crippen LogP contribution is -2.11. The molecule has 0 aliphatic carbocycles. The minimum Gasteiger partial charge on any atom is -0.485 e. The molecule has 0 aromatic heterocycles. The van der Waals surface area contributed by atoms with Gasteiger partial charge in [-0.05, 0) is 48.0 Å². The Morgan fingerprint density at radius 2 is 1.67 bits per heavy atom. The minimum absolute atomic E-state index is 0.0440. The van der Waals surface area contributed by atoms with Gasteiger partial charge in [0.05, 0.1) is 0 Å². The van der Waals surface area contributed by atoms with Crippen LogP contribution in [0.2, 0.25) is 0 Å². The number of benzene rings is 3. The van der Waals surface area contributed by atoms with Crippen LogP contribution in [0.3, 0.4) is 0 Å². The Morgan fingerprint density at radius 3 is 2.37 bits per heavy atom. The number of carbonyl (C=O) groups is 2. The molecule has 0 fully saturated rings. The zero-order chi connectivity index (χ0) is 20.9. The molecule has 0 spiro atoms. The van der Waals surface area contributed by atoms with E-state index in [-0.39, 0.29) is 24.0 Å². The highest BCUT2D eigenvalue weighted by Crippen LogP contribution is 2.21. The van der Waals surface area contributed by atoms with Gasteiger partial charge in [-0.15, -0.1) is 0 Å². The second kappa shape index (κ2) is 8.88. The molecular weight excluding hydrogens is 446 g/mol. The first-order valence-electron chi connectivity index (χ1n) is 9.18. The molecule has 4 rings (SSSR count). The first kappa shape index (κ1) is 19.8. The van der Waals surface area contributed by atoms with Crippen molar-refractivity contribution in [2.75, 3.05) is 6.61 Å². The van der Waals surface area contributed by atoms with E-state index < -0.39 is 5.97 Å². The average molecular weight is 462 g/mol. The van der Waals surface area contributed by atoms with Gasteiger partial charge in [-0.1, -0.05) is 58.4 Å². The highest BCUT2D eigenvalue weighted by atomic mass is 79.9. The number of nitrogens with zero attached hydrogens (tertiary/aromatic N) is 1. The average Bonchev–Trinajstić information content (AvgIpc) is 3.14. The standard InChI is InChI=1S/C24H16BrNO4/c25-19-10-8-18(9-11-19)23-26-21(24(28)30-23)14-16-6-12-20(13-7-16)29-15-22(27)17-4-2-1-3-5-17/h1-14H,15H2/b21-14-. The lowest BCUT2D eigenvalue weighted by atomic mass is 10.1. The third kappa shape index (κ3) is 4.72. The molecule has 1 heterocycles. The maximum absolute atomic E-state index is 12.1. The van der Waals surface area contributed by atoms with Crippen molar-refractivity contribution in [2.45, 2.75) is 0 Å². The van der Waals surface area contributed by atoms with Crippen molar-refractivity contribution in [3.05, 3.63) is 106 Å². The van der Waals surface area contributed by atoms with Crippen LogP contribution < -0.4 is 4.74 Å². The number of hydrogen-bond donors (Lipinski definition) is 0. The number of esters is 1. The number of Topliss-reactive ketones (excluding diaryl/α,β-unsaturated/α-hetero) is 1. The zero-order valence-electron chi connectivity index (χ0n) is 15.7. The van der Waals surface area contributed by atoms with Crippen LogP contribution in [0.1, 0.15) is 21.5 Å². The fraction of sp³-hybridized carbons (Fsp3) is 0.0417. The smallest absolute Gasteiger partial charge is 0.363 e. The lowest BCUT2D eigenvalue weighted by Gasteiger charge is -2.06. The number of carbonyl (C=O) groups excluding carboxylic acids is 2. The Kier molecular flexibility index (Phi) is 5.86. The van der Waals surface area contributed by atoms with E-state index >= 15 is 0 Å². The van der Waals surface area contributed by atoms with Crippen LogP contribution in [-0.4, -0.2) is 24.3 Å². The molecule has 0 amide bonds. The molecule has 0 radical (unpaired) electrons. The first-order chi connectivity index (χ1) is 14.6. The van der Waals surface area contributed by atoms with Crippen LogP contribution in [0.25, 0.3) is 6.08 Å². The highest BCUT2D eigenvalue weighted by Gasteiger charge is 2.24. The summed E-state index contributed by atoms with van der Waals surface area (Å²) in [6.07, 6.45) is 1.65. The third-order valence-electron chi connectivity index (χ3n) is 4.36. The summed E-state index contributed by atoms with van der Waals surface area (Å²) in [4.78, 5) is 28.5. The van der Waals surface area contributed by atoms with Crippen LogP contribution in [0, 0.1) is 0 Å². The fourth-order valence-corrected chi connectivity index (χ4v) is 3.06. The van der Waals surface area contributed by atoms with Crippen LogP contribution in [0.5, 0.6) is 5.75 Å². The van der Waals surface area contributed by atoms with Crippen molar-refractivity contribution in [1.82, 2.24) is 0 Å². The number of hydrogen-bond acceptors (Lipinski definition) is 5. The number of ketones is 1. The van der Waals surface area contributed by atoms with Gasteiger partial charge in [0.15, 0.2) is 18.1 Å². The Morgan fingerprint density at radius 1 is 0.967 bits per heavy atom. The summed E-state index contributed by atoms with van der Waals surface area (Å²) in [5.74, 6) is 0.250. The molecule has 0 N–H and O–H groups in total. The summed E-state index contributed by atoms with van der Waals surface area (Å²) >= 11 is 3.37. The van der Waals surface area contributed by atoms with Gasteiger partial charge in [0.25, 0.3) is 0 Å². The number of halogens is 1. The monoisotopic (exact) mass is 461 g/mol. The molecule has 0 atom stereocenters. The van der Waals surface area contributed by atoms with E-state index in [9.17, 15) is 9.59 Å². The van der Waals surface area contributed by atoms with Crippen molar-refractivity contribution in [1.29, 1.82) is 0 Å². The summed E-state index contributed by atoms with van der Waals surface area (Å²) in [7, 11) is 0. The van der Waals surface area contributed by atoms with Crippen LogP contribution in [-0.2, 0) is 9.53 Å². The lowest BCUT2D eigenvalue weighted by molar-refractivity contribution is -0.129. The molecule has 3 aromatic rings. The van der Waals surface area contributed by atoms with E-state index in [1.165, 1.54) is 0 Å². The Hall–Kier alpha value is -3.51. The summed E-state index contributed by atoms with van der Waals surface area (Å²) in [6.45, 7) is -0.0440. The summed E-state index contributed by atoms with van der Waals surface area (Å²) in [6, 6.07) is 23.4. The minimum atomic E-state index is -0.498. The van der Waals surface area contributed by atoms with Crippen molar-refractivity contribution in [2.24, 2.45) is 4.99 Å². The Labute approximate surface area is 181 Å². The number of cyclic esters (lactones) is 1. The van der Waals surface area contributed by atoms with Gasteiger partial charge in [-0.2, -0.15) is 0 Å². The van der Waals surface area contributed by atoms with Crippen molar-refractivity contribution in [3.63, 3.8) is 0 Å². The SMILES string of the molecule is O=C1OC(c2ccc(Br)cc2)=N/C1=C\c1ccc(OCC(=O)c2ccccc2)cc1. The summed E-state index contributed by atoms with van der Waals surface area (Å²) in [5.41, 5.74) is 2.32. The van der Waals surface area contributed by atoms with E-state index in [4.69, 9.17) is 9.47 Å². The topological polar surface area (TPSA) is 65.0 Å². The predicted molar refractivity (Wildman–Crippen MR) is 117 cm³/mol. The van der Waals surface area contributed by atoms with E-state index in [1.54, 1.807) is 42.5 Å². The summed E-state index contributed by atoms with van der Waals surface area (Å²) < 4.78 is 11.8. The van der Waals surface area contributed by atoms with Crippen LogP contribution in [0.4, 0.5) is 0 Å². The van der Waals surface area contributed by atoms with Gasteiger partial charge in [0, 0.05) is 15.6 Å². The van der Waals surface area contributed by atoms with E-state index in [1.807, 2.05) is 42.5 Å². The molecule has 3 aromatic carbocycles. The normalized spacial score (nSPS) is 14.4. The van der Waals surface area contributed by atoms with Crippen LogP contribution >= 0.6 is 15.9 Å². The predicted octanol–water partition coefficient (Wildman–Crippen LogP) is 5.06. The van der Waals surface area contributed by atoms with Gasteiger partial charge in [-0.3, -0.25) is 4.79 Å². The Balaban J connectivity index is 1.42. The molecule has 5 nitrogen and oxygen atoms in total. The van der Waals surface area contributed by atoms with E-state index in [0.717, 1.165) is 15.6 Å². The molecule has 30 heavy (non-hydrogen) atoms. The molecule has 0 saturated carbocycles. The second-order valence-electron chi connectivity index (χ2n) is 6.49. The van der Waals surface area contributed by atoms with Gasteiger partial charge in [0.2, 0.25) is 5.90 Å². The van der Waals surface area contributed by atoms with E-state index in [2.05, 4.69) is 20.9 Å². The van der Waals surface area contributed by atoms with Gasteiger partial charge >= 0.3 is 5.97 Å². The molecule has 1 aliphatic rings. The van der Waals surface area contributed by atoms with Crippen molar-refractivity contribution in [3.8, 4) is 5.75 Å². The number of ether oxygens (including phenoxy) is 2. The molecule has 6 heteroatoms. The second-order valence-corrected chi connectivity index (χ2v) is 7.41. The van der Waals surface area contributed by atoms with Gasteiger partial charge < -0.3 is 9.47 Å². The molecule has 0 bridgehead atoms. The van der Waals surface area contributed by atoms with Crippen molar-refractivity contribution < 1.29 is 19.1 Å². The number of rotatable bonds is 6. The molecule has 0 unspecified atom stereocenters. The van der Waals surface area contributed by atoms with Gasteiger partial charge in [-0.25, -0.2) is 9.79 Å². The van der Waals surface area contributed by atoms with Crippen molar-refractivity contribution >= 4 is 39.7 Å². The highest BCUT2D eigenvalue weighted by molar-refractivity contribution is 9.10. The summed E-state index contributed by atoms with van der Waals surface area (Å²) in [5, 5.41) is 0. The molecule has 148 valence electrons. The maximum atomic E-state index is 12.1. The first-order valence-corrected chi connectivity index (χ1v) is 9.97. The maximum Gasteiger partial charge on any atom is 0.363 e. The quantitative estimate of drug-likeness (QED) is 0.292. The zero-order valence-corrected chi connectivity index (χ0v) is 17.3.